The summed E-state index contributed by atoms with van der Waals surface area (Å²) in [7, 11) is 0. The molecule has 0 saturated carbocycles. The zero-order valence-corrected chi connectivity index (χ0v) is 15.8. The third kappa shape index (κ3) is 9.78. The molecule has 0 spiro atoms. The molecule has 5 nitrogen and oxygen atoms in total. The van der Waals surface area contributed by atoms with Crippen molar-refractivity contribution in [2.45, 2.75) is 110 Å². The number of anilines is 1. The molecule has 0 aliphatic heterocycles. The van der Waals surface area contributed by atoms with Crippen LogP contribution in [0.5, 0.6) is 0 Å². The minimum absolute atomic E-state index is 0.297. The second-order valence-electron chi connectivity index (χ2n) is 7.04. The molecular formula is C19H39N5. The van der Waals surface area contributed by atoms with Gasteiger partial charge >= 0.3 is 0 Å². The molecule has 0 aromatic carbocycles. The Balaban J connectivity index is 1.77. The van der Waals surface area contributed by atoms with Crippen molar-refractivity contribution in [3.63, 3.8) is 0 Å². The van der Waals surface area contributed by atoms with E-state index in [4.69, 9.17) is 11.6 Å². The highest BCUT2D eigenvalue weighted by Gasteiger charge is 2.05. The van der Waals surface area contributed by atoms with Gasteiger partial charge in [0.15, 0.2) is 5.82 Å². The molecule has 1 rings (SSSR count). The molecule has 0 bridgehead atoms. The monoisotopic (exact) mass is 337 g/mol. The van der Waals surface area contributed by atoms with E-state index in [1.807, 2.05) is 0 Å². The van der Waals surface area contributed by atoms with Crippen LogP contribution in [0.25, 0.3) is 0 Å². The molecule has 1 heterocycles. The minimum Gasteiger partial charge on any atom is -0.366 e. The van der Waals surface area contributed by atoms with E-state index in [0.717, 1.165) is 18.7 Å². The Hall–Kier alpha value is -1.26. The summed E-state index contributed by atoms with van der Waals surface area (Å²) in [6.45, 7) is 2.28. The van der Waals surface area contributed by atoms with Gasteiger partial charge in [-0.25, -0.2) is 4.68 Å². The predicted octanol–water partition coefficient (Wildman–Crippen LogP) is 4.99. The van der Waals surface area contributed by atoms with Crippen molar-refractivity contribution in [2.24, 2.45) is 0 Å². The summed E-state index contributed by atoms with van der Waals surface area (Å²) >= 11 is 0. The number of nitrogens with two attached hydrogens (primary N) is 2. The van der Waals surface area contributed by atoms with Gasteiger partial charge in [0.05, 0.1) is 0 Å². The predicted molar refractivity (Wildman–Crippen MR) is 103 cm³/mol. The number of aromatic nitrogens is 3. The van der Waals surface area contributed by atoms with E-state index < -0.39 is 0 Å². The Morgan fingerprint density at radius 2 is 1.08 bits per heavy atom. The highest BCUT2D eigenvalue weighted by atomic mass is 15.4. The van der Waals surface area contributed by atoms with Gasteiger partial charge in [0, 0.05) is 6.42 Å². The van der Waals surface area contributed by atoms with Crippen LogP contribution in [0.4, 0.5) is 5.95 Å². The summed E-state index contributed by atoms with van der Waals surface area (Å²) in [6.07, 6.45) is 21.5. The molecule has 1 aromatic heterocycles. The van der Waals surface area contributed by atoms with Crippen LogP contribution in [0.3, 0.4) is 0 Å². The van der Waals surface area contributed by atoms with Gasteiger partial charge in [0.1, 0.15) is 0 Å². The number of nitrogens with zero attached hydrogens (tertiary/aromatic N) is 3. The maximum absolute atomic E-state index is 5.73. The third-order valence-corrected chi connectivity index (χ3v) is 4.80. The van der Waals surface area contributed by atoms with E-state index in [1.54, 1.807) is 0 Å². The van der Waals surface area contributed by atoms with Gasteiger partial charge in [0.25, 0.3) is 0 Å². The van der Waals surface area contributed by atoms with Crippen molar-refractivity contribution in [1.29, 1.82) is 0 Å². The van der Waals surface area contributed by atoms with E-state index in [0.29, 0.717) is 5.95 Å². The SMILES string of the molecule is CCCCCCCCCCCCCCCCCc1nnc(N)n1N. The summed E-state index contributed by atoms with van der Waals surface area (Å²) in [5.74, 6) is 6.82. The number of aryl methyl sites for hydroxylation is 1. The molecule has 5 heteroatoms. The topological polar surface area (TPSA) is 82.8 Å². The van der Waals surface area contributed by atoms with Crippen molar-refractivity contribution in [3.8, 4) is 0 Å². The average Bonchev–Trinajstić information content (AvgIpc) is 2.90. The van der Waals surface area contributed by atoms with Crippen LogP contribution in [0.2, 0.25) is 0 Å². The van der Waals surface area contributed by atoms with Gasteiger partial charge in [-0.3, -0.25) is 0 Å². The van der Waals surface area contributed by atoms with Gasteiger partial charge in [-0.15, -0.1) is 10.2 Å². The molecule has 4 N–H and O–H groups in total. The van der Waals surface area contributed by atoms with Crippen LogP contribution in [0.15, 0.2) is 0 Å². The molecule has 0 atom stereocenters. The van der Waals surface area contributed by atoms with Crippen molar-refractivity contribution in [2.75, 3.05) is 11.6 Å². The standard InChI is InChI=1S/C19H39N5/c1-2-3-4-5-6-7-8-9-10-11-12-13-14-15-16-17-18-22-23-19(20)24(18)21/h2-17,21H2,1H3,(H2,20,23). The molecule has 0 aliphatic rings. The molecule has 0 fully saturated rings. The third-order valence-electron chi connectivity index (χ3n) is 4.80. The zero-order valence-electron chi connectivity index (χ0n) is 15.8. The fourth-order valence-electron chi connectivity index (χ4n) is 3.16. The molecule has 0 saturated heterocycles. The first kappa shape index (κ1) is 20.8. The summed E-state index contributed by atoms with van der Waals surface area (Å²) < 4.78 is 1.39. The lowest BCUT2D eigenvalue weighted by atomic mass is 10.0. The van der Waals surface area contributed by atoms with Crippen molar-refractivity contribution >= 4 is 5.95 Å². The second-order valence-corrected chi connectivity index (χ2v) is 7.04. The van der Waals surface area contributed by atoms with Gasteiger partial charge in [-0.05, 0) is 6.42 Å². The molecule has 0 unspecified atom stereocenters. The molecule has 1 aromatic rings. The quantitative estimate of drug-likeness (QED) is 0.329. The molecule has 140 valence electrons. The second kappa shape index (κ2) is 14.1. The van der Waals surface area contributed by atoms with E-state index in [2.05, 4.69) is 17.1 Å². The lowest BCUT2D eigenvalue weighted by molar-refractivity contribution is 0.531. The Bertz CT molecular complexity index is 402. The molecule has 0 aliphatic carbocycles. The van der Waals surface area contributed by atoms with Crippen LogP contribution >= 0.6 is 0 Å². The molecule has 0 radical (unpaired) electrons. The van der Waals surface area contributed by atoms with Gasteiger partial charge in [0.2, 0.25) is 5.95 Å². The molecular weight excluding hydrogens is 298 g/mol. The molecule has 24 heavy (non-hydrogen) atoms. The van der Waals surface area contributed by atoms with Crippen LogP contribution < -0.4 is 11.6 Å². The van der Waals surface area contributed by atoms with Crippen molar-refractivity contribution in [1.82, 2.24) is 14.9 Å². The number of rotatable bonds is 16. The summed E-state index contributed by atoms with van der Waals surface area (Å²) in [5, 5.41) is 7.75. The number of hydrogen-bond donors (Lipinski definition) is 2. The first-order valence-electron chi connectivity index (χ1n) is 10.2. The normalized spacial score (nSPS) is 11.2. The Morgan fingerprint density at radius 1 is 0.667 bits per heavy atom. The zero-order chi connectivity index (χ0) is 17.5. The van der Waals surface area contributed by atoms with Gasteiger partial charge in [-0.2, -0.15) is 0 Å². The van der Waals surface area contributed by atoms with Crippen LogP contribution in [0, 0.1) is 0 Å². The number of unbranched alkanes of at least 4 members (excludes halogenated alkanes) is 14. The Kier molecular flexibility index (Phi) is 12.2. The number of hydrogen-bond acceptors (Lipinski definition) is 4. The lowest BCUT2D eigenvalue weighted by Crippen LogP contribution is -2.15. The largest absolute Gasteiger partial charge is 0.366 e. The van der Waals surface area contributed by atoms with E-state index >= 15 is 0 Å². The summed E-state index contributed by atoms with van der Waals surface area (Å²) in [4.78, 5) is 0. The van der Waals surface area contributed by atoms with Crippen LogP contribution in [0.1, 0.15) is 109 Å². The average molecular weight is 338 g/mol. The summed E-state index contributed by atoms with van der Waals surface area (Å²) in [6, 6.07) is 0. The number of nitrogen functional groups attached to an aromatic ring is 2. The summed E-state index contributed by atoms with van der Waals surface area (Å²) in [5.41, 5.74) is 5.56. The van der Waals surface area contributed by atoms with E-state index in [9.17, 15) is 0 Å². The lowest BCUT2D eigenvalue weighted by Gasteiger charge is -2.04. The van der Waals surface area contributed by atoms with Gasteiger partial charge in [-0.1, -0.05) is 96.8 Å². The highest BCUT2D eigenvalue weighted by Crippen LogP contribution is 2.14. The first-order valence-corrected chi connectivity index (χ1v) is 10.2. The van der Waals surface area contributed by atoms with Gasteiger partial charge < -0.3 is 11.6 Å². The van der Waals surface area contributed by atoms with E-state index in [1.165, 1.54) is 94.6 Å². The Labute approximate surface area is 148 Å². The minimum atomic E-state index is 0.297. The maximum Gasteiger partial charge on any atom is 0.240 e. The van der Waals surface area contributed by atoms with Crippen molar-refractivity contribution in [3.05, 3.63) is 5.82 Å². The smallest absolute Gasteiger partial charge is 0.240 e. The van der Waals surface area contributed by atoms with Crippen molar-refractivity contribution < 1.29 is 0 Å². The van der Waals surface area contributed by atoms with Crippen LogP contribution in [-0.2, 0) is 6.42 Å². The Morgan fingerprint density at radius 3 is 1.46 bits per heavy atom. The fraction of sp³-hybridized carbons (Fsp3) is 0.895. The first-order chi connectivity index (χ1) is 11.8. The molecule has 0 amide bonds. The fourth-order valence-corrected chi connectivity index (χ4v) is 3.16. The van der Waals surface area contributed by atoms with Crippen LogP contribution in [-0.4, -0.2) is 14.9 Å². The van der Waals surface area contributed by atoms with E-state index in [-0.39, 0.29) is 0 Å². The maximum atomic E-state index is 5.73. The highest BCUT2D eigenvalue weighted by molar-refractivity contribution is 5.16.